The molecule has 6 rings (SSSR count). The summed E-state index contributed by atoms with van der Waals surface area (Å²) < 4.78 is 5.18. The van der Waals surface area contributed by atoms with Crippen LogP contribution in [0, 0.1) is 23.2 Å². The van der Waals surface area contributed by atoms with Crippen LogP contribution in [0.15, 0.2) is 36.4 Å². The van der Waals surface area contributed by atoms with E-state index < -0.39 is 5.97 Å². The number of phenols is 1. The van der Waals surface area contributed by atoms with E-state index >= 15 is 0 Å². The van der Waals surface area contributed by atoms with Crippen molar-refractivity contribution in [1.29, 1.82) is 0 Å². The maximum absolute atomic E-state index is 12.4. The number of fused-ring (bicyclic) bond motifs is 1. The van der Waals surface area contributed by atoms with Crippen molar-refractivity contribution in [3.63, 3.8) is 0 Å². The summed E-state index contributed by atoms with van der Waals surface area (Å²) in [7, 11) is 0. The molecule has 5 heteroatoms. The molecule has 2 aromatic carbocycles. The Hall–Kier alpha value is -2.56. The number of rotatable bonds is 5. The Balaban J connectivity index is 1.17. The van der Waals surface area contributed by atoms with Crippen LogP contribution >= 0.6 is 0 Å². The van der Waals surface area contributed by atoms with Gasteiger partial charge in [0.15, 0.2) is 6.61 Å². The number of amides is 1. The minimum Gasteiger partial charge on any atom is -0.506 e. The van der Waals surface area contributed by atoms with E-state index in [9.17, 15) is 14.7 Å². The molecule has 4 fully saturated rings. The number of aromatic hydroxyl groups is 1. The fraction of sp³-hybridized carbons (Fsp3) is 0.500. The molecule has 5 nitrogen and oxygen atoms in total. The first kappa shape index (κ1) is 18.5. The molecule has 4 saturated carbocycles. The van der Waals surface area contributed by atoms with Crippen LogP contribution in [0.3, 0.4) is 0 Å². The van der Waals surface area contributed by atoms with Crippen LogP contribution in [0.1, 0.15) is 48.9 Å². The van der Waals surface area contributed by atoms with E-state index in [-0.39, 0.29) is 29.2 Å². The summed E-state index contributed by atoms with van der Waals surface area (Å²) in [6.45, 7) is 0.367. The Kier molecular flexibility index (Phi) is 4.49. The highest BCUT2D eigenvalue weighted by atomic mass is 16.5. The molecular weight excluding hydrogens is 366 g/mol. The lowest BCUT2D eigenvalue weighted by molar-refractivity contribution is -0.126. The lowest BCUT2D eigenvalue weighted by Gasteiger charge is -2.56. The SMILES string of the molecule is O=C(COC(=O)c1ccc2ccccc2c1O)NCC12CC3CC(CC(C3)C1)C2. The Morgan fingerprint density at radius 3 is 2.34 bits per heavy atom. The first-order valence-corrected chi connectivity index (χ1v) is 10.7. The minimum absolute atomic E-state index is 0.0811. The molecule has 4 aliphatic carbocycles. The molecule has 2 aromatic rings. The maximum Gasteiger partial charge on any atom is 0.342 e. The quantitative estimate of drug-likeness (QED) is 0.752. The van der Waals surface area contributed by atoms with E-state index in [1.54, 1.807) is 18.2 Å². The number of benzene rings is 2. The molecule has 4 bridgehead atoms. The fourth-order valence-corrected chi connectivity index (χ4v) is 6.47. The summed E-state index contributed by atoms with van der Waals surface area (Å²) in [6.07, 6.45) is 7.80. The predicted molar refractivity (Wildman–Crippen MR) is 110 cm³/mol. The third-order valence-electron chi connectivity index (χ3n) is 7.28. The molecular formula is C24H27NO4. The molecule has 0 saturated heterocycles. The Labute approximate surface area is 170 Å². The van der Waals surface area contributed by atoms with Gasteiger partial charge >= 0.3 is 5.97 Å². The highest BCUT2D eigenvalue weighted by Gasteiger charge is 2.50. The van der Waals surface area contributed by atoms with Gasteiger partial charge in [-0.3, -0.25) is 4.79 Å². The average molecular weight is 393 g/mol. The van der Waals surface area contributed by atoms with Crippen molar-refractivity contribution in [2.75, 3.05) is 13.2 Å². The lowest BCUT2D eigenvalue weighted by Crippen LogP contribution is -2.51. The second kappa shape index (κ2) is 7.05. The molecule has 0 radical (unpaired) electrons. The first-order valence-electron chi connectivity index (χ1n) is 10.7. The zero-order chi connectivity index (χ0) is 20.0. The van der Waals surface area contributed by atoms with Gasteiger partial charge in [-0.25, -0.2) is 4.79 Å². The number of hydrogen-bond acceptors (Lipinski definition) is 4. The van der Waals surface area contributed by atoms with Crippen molar-refractivity contribution >= 4 is 22.6 Å². The van der Waals surface area contributed by atoms with Crippen molar-refractivity contribution in [1.82, 2.24) is 5.32 Å². The second-order valence-corrected chi connectivity index (χ2v) is 9.45. The zero-order valence-electron chi connectivity index (χ0n) is 16.5. The van der Waals surface area contributed by atoms with Gasteiger partial charge in [-0.05, 0) is 73.1 Å². The molecule has 0 aliphatic heterocycles. The molecule has 0 spiro atoms. The normalized spacial score (nSPS) is 29.7. The summed E-state index contributed by atoms with van der Waals surface area (Å²) in [4.78, 5) is 24.7. The number of esters is 1. The fourth-order valence-electron chi connectivity index (χ4n) is 6.47. The van der Waals surface area contributed by atoms with Gasteiger partial charge < -0.3 is 15.2 Å². The van der Waals surface area contributed by atoms with E-state index in [4.69, 9.17) is 4.74 Å². The molecule has 0 unspecified atom stereocenters. The topological polar surface area (TPSA) is 75.6 Å². The van der Waals surface area contributed by atoms with Crippen molar-refractivity contribution in [3.8, 4) is 5.75 Å². The second-order valence-electron chi connectivity index (χ2n) is 9.45. The van der Waals surface area contributed by atoms with Gasteiger partial charge in [0.1, 0.15) is 11.3 Å². The van der Waals surface area contributed by atoms with Crippen LogP contribution in [0.2, 0.25) is 0 Å². The Morgan fingerprint density at radius 1 is 1.00 bits per heavy atom. The molecule has 0 aromatic heterocycles. The molecule has 0 atom stereocenters. The standard InChI is InChI=1S/C24H27NO4/c26-21(25-14-24-10-15-7-16(11-24)9-17(8-15)12-24)13-29-23(28)20-6-5-18-3-1-2-4-19(18)22(20)27/h1-6,15-17,27H,7-14H2,(H,25,26). The Morgan fingerprint density at radius 2 is 1.66 bits per heavy atom. The van der Waals surface area contributed by atoms with E-state index in [0.717, 1.165) is 23.1 Å². The van der Waals surface area contributed by atoms with E-state index in [1.165, 1.54) is 44.6 Å². The largest absolute Gasteiger partial charge is 0.506 e. The summed E-state index contributed by atoms with van der Waals surface area (Å²) in [5.74, 6) is 1.46. The van der Waals surface area contributed by atoms with Gasteiger partial charge in [-0.1, -0.05) is 30.3 Å². The van der Waals surface area contributed by atoms with Gasteiger partial charge in [0.05, 0.1) is 0 Å². The van der Waals surface area contributed by atoms with Crippen LogP contribution in [-0.2, 0) is 9.53 Å². The molecule has 2 N–H and O–H groups in total. The van der Waals surface area contributed by atoms with Crippen molar-refractivity contribution in [2.24, 2.45) is 23.2 Å². The third-order valence-corrected chi connectivity index (χ3v) is 7.28. The van der Waals surface area contributed by atoms with Crippen LogP contribution in [-0.4, -0.2) is 30.1 Å². The van der Waals surface area contributed by atoms with Crippen LogP contribution < -0.4 is 5.32 Å². The molecule has 1 amide bonds. The summed E-state index contributed by atoms with van der Waals surface area (Å²) in [6, 6.07) is 10.6. The smallest absolute Gasteiger partial charge is 0.342 e. The van der Waals surface area contributed by atoms with Crippen molar-refractivity contribution in [3.05, 3.63) is 42.0 Å². The highest BCUT2D eigenvalue weighted by Crippen LogP contribution is 2.59. The van der Waals surface area contributed by atoms with Crippen LogP contribution in [0.4, 0.5) is 0 Å². The minimum atomic E-state index is -0.682. The molecule has 4 aliphatic rings. The summed E-state index contributed by atoms with van der Waals surface area (Å²) in [5.41, 5.74) is 0.336. The van der Waals surface area contributed by atoms with Crippen LogP contribution in [0.25, 0.3) is 10.8 Å². The van der Waals surface area contributed by atoms with E-state index in [0.29, 0.717) is 11.9 Å². The zero-order valence-corrected chi connectivity index (χ0v) is 16.5. The van der Waals surface area contributed by atoms with Gasteiger partial charge in [0, 0.05) is 11.9 Å². The highest BCUT2D eigenvalue weighted by molar-refractivity contribution is 6.01. The summed E-state index contributed by atoms with van der Waals surface area (Å²) >= 11 is 0. The molecule has 152 valence electrons. The third kappa shape index (κ3) is 3.47. The lowest BCUT2D eigenvalue weighted by atomic mass is 9.49. The number of hydrogen-bond donors (Lipinski definition) is 2. The van der Waals surface area contributed by atoms with Gasteiger partial charge in [-0.2, -0.15) is 0 Å². The monoisotopic (exact) mass is 393 g/mol. The van der Waals surface area contributed by atoms with Crippen molar-refractivity contribution < 1.29 is 19.4 Å². The maximum atomic E-state index is 12.4. The number of carbonyl (C=O) groups is 2. The van der Waals surface area contributed by atoms with Gasteiger partial charge in [-0.15, -0.1) is 0 Å². The predicted octanol–water partition coefficient (Wildman–Crippen LogP) is 4.03. The van der Waals surface area contributed by atoms with E-state index in [1.807, 2.05) is 12.1 Å². The van der Waals surface area contributed by atoms with Gasteiger partial charge in [0.25, 0.3) is 5.91 Å². The first-order chi connectivity index (χ1) is 14.0. The number of phenolic OH excluding ortho intramolecular Hbond substituents is 1. The number of carbonyl (C=O) groups excluding carboxylic acids is 2. The van der Waals surface area contributed by atoms with Gasteiger partial charge in [0.2, 0.25) is 0 Å². The molecule has 29 heavy (non-hydrogen) atoms. The number of ether oxygens (including phenoxy) is 1. The summed E-state index contributed by atoms with van der Waals surface area (Å²) in [5, 5.41) is 14.8. The number of nitrogens with one attached hydrogen (secondary N) is 1. The average Bonchev–Trinajstić information content (AvgIpc) is 2.70. The Bertz CT molecular complexity index is 931. The van der Waals surface area contributed by atoms with Crippen LogP contribution in [0.5, 0.6) is 5.75 Å². The molecule has 0 heterocycles. The van der Waals surface area contributed by atoms with Crippen molar-refractivity contribution in [2.45, 2.75) is 38.5 Å². The van der Waals surface area contributed by atoms with E-state index in [2.05, 4.69) is 5.32 Å².